The smallest absolute Gasteiger partial charge is 0.137 e. The Kier molecular flexibility index (Phi) is 7.65. The summed E-state index contributed by atoms with van der Waals surface area (Å²) in [5.41, 5.74) is 22.6. The van der Waals surface area contributed by atoms with Crippen molar-refractivity contribution in [3.8, 4) is 44.8 Å². The molecule has 0 bridgehead atoms. The molecule has 4 nitrogen and oxygen atoms in total. The number of benzene rings is 11. The molecule has 0 unspecified atom stereocenters. The van der Waals surface area contributed by atoms with E-state index in [-0.39, 0.29) is 5.41 Å². The van der Waals surface area contributed by atoms with E-state index in [1.807, 2.05) is 6.07 Å². The second-order valence-electron chi connectivity index (χ2n) is 20.0. The lowest BCUT2D eigenvalue weighted by atomic mass is 9.81. The van der Waals surface area contributed by atoms with Gasteiger partial charge in [-0.25, -0.2) is 0 Å². The minimum atomic E-state index is -0.0892. The summed E-state index contributed by atoms with van der Waals surface area (Å²) in [4.78, 5) is 2.41. The monoisotopic (exact) mass is 905 g/mol. The molecule has 0 saturated carbocycles. The highest BCUT2D eigenvalue weighted by molar-refractivity contribution is 6.19. The molecule has 4 heteroatoms. The molecule has 11 aromatic carbocycles. The van der Waals surface area contributed by atoms with Crippen molar-refractivity contribution < 1.29 is 4.42 Å². The molecule has 1 aliphatic heterocycles. The lowest BCUT2D eigenvalue weighted by Crippen LogP contribution is -2.15. The second kappa shape index (κ2) is 14.0. The number of hydrogen-bond donors (Lipinski definition) is 0. The summed E-state index contributed by atoms with van der Waals surface area (Å²) in [6.07, 6.45) is 0. The first-order valence-electron chi connectivity index (χ1n) is 24.7. The van der Waals surface area contributed by atoms with E-state index in [0.717, 1.165) is 44.7 Å². The van der Waals surface area contributed by atoms with Gasteiger partial charge in [-0.3, -0.25) is 0 Å². The van der Waals surface area contributed by atoms with E-state index in [1.54, 1.807) is 0 Å². The highest BCUT2D eigenvalue weighted by atomic mass is 16.3. The summed E-state index contributed by atoms with van der Waals surface area (Å²) >= 11 is 0. The van der Waals surface area contributed by atoms with Crippen molar-refractivity contribution in [2.45, 2.75) is 19.3 Å². The summed E-state index contributed by atoms with van der Waals surface area (Å²) < 4.78 is 11.5. The van der Waals surface area contributed by atoms with Gasteiger partial charge >= 0.3 is 0 Å². The molecule has 332 valence electrons. The van der Waals surface area contributed by atoms with Gasteiger partial charge in [-0.05, 0) is 123 Å². The average Bonchev–Trinajstić information content (AvgIpc) is 4.12. The van der Waals surface area contributed by atoms with Gasteiger partial charge in [-0.15, -0.1) is 0 Å². The fourth-order valence-corrected chi connectivity index (χ4v) is 12.8. The SMILES string of the molecule is CC1(C)c2cccc3c2-c2c1ccc1c4ccccc4n(c21)-c1cc(-c2ccc4cc(N(c5cccc(-n6c7ccccc7c7ccccc76)c5)c5cccc6oc7ccccc7c56)ccc4c2)ccc1-3. The lowest BCUT2D eigenvalue weighted by Gasteiger charge is -2.27. The third-order valence-electron chi connectivity index (χ3n) is 16.0. The minimum Gasteiger partial charge on any atom is -0.456 e. The van der Waals surface area contributed by atoms with Crippen LogP contribution >= 0.6 is 0 Å². The van der Waals surface area contributed by atoms with Crippen molar-refractivity contribution in [1.29, 1.82) is 0 Å². The van der Waals surface area contributed by atoms with E-state index in [9.17, 15) is 0 Å². The maximum absolute atomic E-state index is 6.51. The van der Waals surface area contributed by atoms with Crippen LogP contribution in [0.1, 0.15) is 25.0 Å². The standard InChI is InChI=1S/C67H43N3O/c1-67(2)54-21-12-20-51-50-33-31-43(38-60(50)70-58-24-9-5-18-49(58)52-34-35-55(67)65(63(51)54)66(52)70)40-28-29-42-37-46(32-30-41(42)36-40)68(59-25-13-27-62-64(59)53-19-6-10-26-61(53)71-62)44-14-11-15-45(39-44)69-56-22-7-3-16-47(56)48-17-4-8-23-57(48)69/h3-39H,1-2H3. The maximum Gasteiger partial charge on any atom is 0.137 e. The number of hydrogen-bond acceptors (Lipinski definition) is 2. The Balaban J connectivity index is 0.868. The van der Waals surface area contributed by atoms with Crippen LogP contribution in [0.2, 0.25) is 0 Å². The molecule has 0 atom stereocenters. The molecule has 0 radical (unpaired) electrons. The van der Waals surface area contributed by atoms with Gasteiger partial charge in [0.1, 0.15) is 11.2 Å². The fourth-order valence-electron chi connectivity index (χ4n) is 12.8. The summed E-state index contributed by atoms with van der Waals surface area (Å²) in [6.45, 7) is 4.78. The molecule has 14 aromatic rings. The Hall–Kier alpha value is -9.12. The molecule has 0 amide bonds. The predicted molar refractivity (Wildman–Crippen MR) is 297 cm³/mol. The number of anilines is 3. The number of rotatable bonds is 5. The summed E-state index contributed by atoms with van der Waals surface area (Å²) in [7, 11) is 0. The van der Waals surface area contributed by atoms with E-state index < -0.39 is 0 Å². The third kappa shape index (κ3) is 5.23. The molecule has 1 aliphatic carbocycles. The number of aromatic nitrogens is 2. The van der Waals surface area contributed by atoms with Gasteiger partial charge in [0.15, 0.2) is 0 Å². The van der Waals surface area contributed by atoms with Crippen LogP contribution in [0.15, 0.2) is 229 Å². The number of fused-ring (bicyclic) bond motifs is 13. The van der Waals surface area contributed by atoms with E-state index in [2.05, 4.69) is 246 Å². The van der Waals surface area contributed by atoms with Crippen LogP contribution < -0.4 is 4.90 Å². The van der Waals surface area contributed by atoms with Crippen LogP contribution in [0.25, 0.3) is 121 Å². The van der Waals surface area contributed by atoms with Gasteiger partial charge in [-0.1, -0.05) is 159 Å². The van der Waals surface area contributed by atoms with Crippen molar-refractivity contribution in [3.63, 3.8) is 0 Å². The second-order valence-corrected chi connectivity index (χ2v) is 20.0. The van der Waals surface area contributed by atoms with Crippen molar-refractivity contribution in [1.82, 2.24) is 9.13 Å². The maximum atomic E-state index is 6.51. The quantitative estimate of drug-likeness (QED) is 0.172. The number of furan rings is 1. The van der Waals surface area contributed by atoms with Crippen molar-refractivity contribution in [2.24, 2.45) is 0 Å². The van der Waals surface area contributed by atoms with Gasteiger partial charge in [0.05, 0.1) is 38.8 Å². The highest BCUT2D eigenvalue weighted by Crippen LogP contribution is 2.58. The topological polar surface area (TPSA) is 26.2 Å². The third-order valence-corrected chi connectivity index (χ3v) is 16.0. The largest absolute Gasteiger partial charge is 0.456 e. The van der Waals surface area contributed by atoms with Crippen LogP contribution in [-0.4, -0.2) is 9.13 Å². The van der Waals surface area contributed by atoms with E-state index in [4.69, 9.17) is 4.42 Å². The van der Waals surface area contributed by atoms with E-state index in [1.165, 1.54) is 105 Å². The Morgan fingerprint density at radius 3 is 1.85 bits per heavy atom. The molecular weight excluding hydrogens is 863 g/mol. The average molecular weight is 906 g/mol. The molecule has 0 saturated heterocycles. The van der Waals surface area contributed by atoms with Gasteiger partial charge in [-0.2, -0.15) is 0 Å². The molecule has 71 heavy (non-hydrogen) atoms. The molecule has 4 heterocycles. The van der Waals surface area contributed by atoms with Crippen LogP contribution in [0, 0.1) is 0 Å². The van der Waals surface area contributed by atoms with Crippen molar-refractivity contribution >= 4 is 93.4 Å². The Bertz CT molecular complexity index is 4580. The van der Waals surface area contributed by atoms with Gasteiger partial charge < -0.3 is 18.5 Å². The fraction of sp³-hybridized carbons (Fsp3) is 0.0448. The zero-order chi connectivity index (χ0) is 46.7. The molecule has 0 fully saturated rings. The van der Waals surface area contributed by atoms with Crippen LogP contribution in [0.4, 0.5) is 17.1 Å². The number of nitrogens with zero attached hydrogens (tertiary/aromatic N) is 3. The zero-order valence-corrected chi connectivity index (χ0v) is 39.1. The van der Waals surface area contributed by atoms with Gasteiger partial charge in [0, 0.05) is 60.5 Å². The van der Waals surface area contributed by atoms with E-state index >= 15 is 0 Å². The molecule has 2 aliphatic rings. The molecule has 0 N–H and O–H groups in total. The first kappa shape index (κ1) is 38.8. The lowest BCUT2D eigenvalue weighted by molar-refractivity contribution is 0.661. The Morgan fingerprint density at radius 1 is 0.408 bits per heavy atom. The summed E-state index contributed by atoms with van der Waals surface area (Å²) in [5, 5.41) is 9.61. The zero-order valence-electron chi connectivity index (χ0n) is 39.1. The normalized spacial score (nSPS) is 13.3. The van der Waals surface area contributed by atoms with Crippen LogP contribution in [0.5, 0.6) is 0 Å². The van der Waals surface area contributed by atoms with E-state index in [0.29, 0.717) is 0 Å². The van der Waals surface area contributed by atoms with Gasteiger partial charge in [0.2, 0.25) is 0 Å². The molecule has 0 spiro atoms. The summed E-state index contributed by atoms with van der Waals surface area (Å²) in [5.74, 6) is 0. The Morgan fingerprint density at radius 2 is 1.03 bits per heavy atom. The van der Waals surface area contributed by atoms with Crippen LogP contribution in [-0.2, 0) is 5.41 Å². The summed E-state index contributed by atoms with van der Waals surface area (Å²) in [6, 6.07) is 82.9. The molecular formula is C67H43N3O. The first-order valence-corrected chi connectivity index (χ1v) is 24.7. The first-order chi connectivity index (χ1) is 35.0. The van der Waals surface area contributed by atoms with Crippen molar-refractivity contribution in [2.75, 3.05) is 4.90 Å². The number of para-hydroxylation sites is 4. The molecule has 16 rings (SSSR count). The predicted octanol–water partition coefficient (Wildman–Crippen LogP) is 18.4. The minimum absolute atomic E-state index is 0.0892. The van der Waals surface area contributed by atoms with Gasteiger partial charge in [0.25, 0.3) is 0 Å². The highest BCUT2D eigenvalue weighted by Gasteiger charge is 2.41. The van der Waals surface area contributed by atoms with Crippen LogP contribution in [0.3, 0.4) is 0 Å². The Labute approximate surface area is 409 Å². The van der Waals surface area contributed by atoms with Crippen molar-refractivity contribution in [3.05, 3.63) is 236 Å². The molecule has 3 aromatic heterocycles.